The number of nitrogens with zero attached hydrogens (tertiary/aromatic N) is 1. The van der Waals surface area contributed by atoms with Crippen molar-refractivity contribution in [1.29, 1.82) is 0 Å². The van der Waals surface area contributed by atoms with Gasteiger partial charge in [-0.3, -0.25) is 0 Å². The molecular weight excluding hydrogens is 232 g/mol. The molecule has 1 aromatic heterocycles. The van der Waals surface area contributed by atoms with Gasteiger partial charge < -0.3 is 9.88 Å². The molecule has 1 aromatic rings. The molecule has 1 N–H and O–H groups in total. The van der Waals surface area contributed by atoms with Crippen LogP contribution >= 0.6 is 0 Å². The quantitative estimate of drug-likeness (QED) is 0.875. The van der Waals surface area contributed by atoms with E-state index in [0.29, 0.717) is 0 Å². The minimum absolute atomic E-state index is 0.813. The first-order valence-corrected chi connectivity index (χ1v) is 8.21. The van der Waals surface area contributed by atoms with Gasteiger partial charge in [0.2, 0.25) is 0 Å². The summed E-state index contributed by atoms with van der Waals surface area (Å²) in [4.78, 5) is 0. The molecule has 19 heavy (non-hydrogen) atoms. The first-order valence-electron chi connectivity index (χ1n) is 8.21. The molecule has 0 spiro atoms. The van der Waals surface area contributed by atoms with Gasteiger partial charge in [-0.2, -0.15) is 0 Å². The van der Waals surface area contributed by atoms with Crippen LogP contribution in [0.4, 0.5) is 0 Å². The van der Waals surface area contributed by atoms with E-state index in [1.807, 2.05) is 0 Å². The molecule has 0 radical (unpaired) electrons. The molecule has 4 fully saturated rings. The largest absolute Gasteiger partial charge is 0.351 e. The van der Waals surface area contributed by atoms with Crippen LogP contribution in [-0.2, 0) is 13.1 Å². The normalized spacial score (nSPS) is 39.9. The van der Waals surface area contributed by atoms with E-state index in [2.05, 4.69) is 35.1 Å². The molecule has 0 atom stereocenters. The summed E-state index contributed by atoms with van der Waals surface area (Å²) in [5.74, 6) is 4.14. The van der Waals surface area contributed by atoms with Gasteiger partial charge in [-0.15, -0.1) is 0 Å². The van der Waals surface area contributed by atoms with Crippen molar-refractivity contribution in [3.05, 3.63) is 24.0 Å². The summed E-state index contributed by atoms with van der Waals surface area (Å²) in [5, 5.41) is 3.92. The van der Waals surface area contributed by atoms with Crippen LogP contribution in [0.2, 0.25) is 0 Å². The Balaban J connectivity index is 1.43. The summed E-state index contributed by atoms with van der Waals surface area (Å²) in [6, 6.07) is 5.26. The van der Waals surface area contributed by atoms with Crippen molar-refractivity contribution in [3.8, 4) is 0 Å². The lowest BCUT2D eigenvalue weighted by atomic mass is 9.54. The molecule has 5 rings (SSSR count). The number of aromatic nitrogens is 1. The zero-order valence-electron chi connectivity index (χ0n) is 12.0. The topological polar surface area (TPSA) is 17.0 Å². The Kier molecular flexibility index (Phi) is 2.95. The summed E-state index contributed by atoms with van der Waals surface area (Å²) >= 11 is 0. The second-order valence-electron chi connectivity index (χ2n) is 7.12. The fraction of sp³-hybridized carbons (Fsp3) is 0.765. The van der Waals surface area contributed by atoms with Crippen LogP contribution in [0.25, 0.3) is 0 Å². The molecule has 4 aliphatic carbocycles. The van der Waals surface area contributed by atoms with Crippen LogP contribution in [0.5, 0.6) is 0 Å². The minimum Gasteiger partial charge on any atom is -0.351 e. The monoisotopic (exact) mass is 258 g/mol. The molecule has 4 bridgehead atoms. The predicted octanol–water partition coefficient (Wildman–Crippen LogP) is 3.42. The van der Waals surface area contributed by atoms with Crippen LogP contribution in [0.3, 0.4) is 0 Å². The molecule has 0 saturated heterocycles. The van der Waals surface area contributed by atoms with Gasteiger partial charge in [-0.1, -0.05) is 0 Å². The molecule has 0 unspecified atom stereocenters. The molecule has 2 nitrogen and oxygen atoms in total. The fourth-order valence-corrected chi connectivity index (χ4v) is 5.40. The predicted molar refractivity (Wildman–Crippen MR) is 77.8 cm³/mol. The molecule has 104 valence electrons. The molecule has 0 amide bonds. The Morgan fingerprint density at radius 2 is 1.79 bits per heavy atom. The van der Waals surface area contributed by atoms with E-state index < -0.39 is 0 Å². The number of nitrogens with one attached hydrogen (secondary N) is 1. The van der Waals surface area contributed by atoms with Gasteiger partial charge in [0.1, 0.15) is 0 Å². The van der Waals surface area contributed by atoms with E-state index >= 15 is 0 Å². The zero-order chi connectivity index (χ0) is 12.8. The maximum Gasteiger partial charge on any atom is 0.0361 e. The Morgan fingerprint density at radius 3 is 2.42 bits per heavy atom. The average Bonchev–Trinajstić information content (AvgIpc) is 2.84. The van der Waals surface area contributed by atoms with Crippen molar-refractivity contribution in [1.82, 2.24) is 9.88 Å². The molecule has 4 saturated carbocycles. The van der Waals surface area contributed by atoms with Gasteiger partial charge in [0.05, 0.1) is 0 Å². The molecule has 4 aliphatic rings. The van der Waals surface area contributed by atoms with Crippen LogP contribution in [0, 0.1) is 23.7 Å². The Labute approximate surface area is 116 Å². The highest BCUT2D eigenvalue weighted by atomic mass is 15.0. The smallest absolute Gasteiger partial charge is 0.0361 e. The number of aryl methyl sites for hydroxylation is 1. The van der Waals surface area contributed by atoms with Gasteiger partial charge >= 0.3 is 0 Å². The van der Waals surface area contributed by atoms with Gasteiger partial charge in [0, 0.05) is 31.0 Å². The summed E-state index contributed by atoms with van der Waals surface area (Å²) in [6.45, 7) is 4.38. The highest BCUT2D eigenvalue weighted by molar-refractivity contribution is 5.08. The third-order valence-electron chi connectivity index (χ3n) is 6.01. The number of hydrogen-bond donors (Lipinski definition) is 1. The second-order valence-corrected chi connectivity index (χ2v) is 7.12. The molecule has 0 aromatic carbocycles. The number of hydrogen-bond acceptors (Lipinski definition) is 1. The van der Waals surface area contributed by atoms with E-state index in [0.717, 1.165) is 42.8 Å². The van der Waals surface area contributed by atoms with Crippen LogP contribution in [0.15, 0.2) is 18.3 Å². The molecular formula is C17H26N2. The number of rotatable bonds is 4. The molecule has 0 aliphatic heterocycles. The van der Waals surface area contributed by atoms with Crippen molar-refractivity contribution < 1.29 is 0 Å². The third-order valence-corrected chi connectivity index (χ3v) is 6.01. The van der Waals surface area contributed by atoms with Crippen molar-refractivity contribution in [2.75, 3.05) is 0 Å². The van der Waals surface area contributed by atoms with Gasteiger partial charge in [0.15, 0.2) is 0 Å². The summed E-state index contributed by atoms with van der Waals surface area (Å²) in [5.41, 5.74) is 1.45. The SMILES string of the molecule is CCn1cccc1CNC1C2CC3CC(C2)CC1C3. The average molecular weight is 258 g/mol. The summed E-state index contributed by atoms with van der Waals surface area (Å²) in [6.07, 6.45) is 9.81. The van der Waals surface area contributed by atoms with Gasteiger partial charge in [-0.25, -0.2) is 0 Å². The third kappa shape index (κ3) is 2.05. The summed E-state index contributed by atoms with van der Waals surface area (Å²) < 4.78 is 2.36. The van der Waals surface area contributed by atoms with E-state index in [4.69, 9.17) is 0 Å². The molecule has 1 heterocycles. The van der Waals surface area contributed by atoms with Gasteiger partial charge in [0.25, 0.3) is 0 Å². The zero-order valence-corrected chi connectivity index (χ0v) is 12.0. The Bertz CT molecular complexity index is 420. The van der Waals surface area contributed by atoms with Crippen molar-refractivity contribution in [2.24, 2.45) is 23.7 Å². The van der Waals surface area contributed by atoms with Crippen molar-refractivity contribution in [3.63, 3.8) is 0 Å². The lowest BCUT2D eigenvalue weighted by Gasteiger charge is -2.54. The fourth-order valence-electron chi connectivity index (χ4n) is 5.40. The highest BCUT2D eigenvalue weighted by Crippen LogP contribution is 2.53. The van der Waals surface area contributed by atoms with E-state index in [9.17, 15) is 0 Å². The van der Waals surface area contributed by atoms with E-state index in [1.165, 1.54) is 31.4 Å². The second kappa shape index (κ2) is 4.66. The van der Waals surface area contributed by atoms with Gasteiger partial charge in [-0.05, 0) is 74.8 Å². The lowest BCUT2D eigenvalue weighted by molar-refractivity contribution is -0.0144. The van der Waals surface area contributed by atoms with E-state index in [-0.39, 0.29) is 0 Å². The van der Waals surface area contributed by atoms with Crippen molar-refractivity contribution >= 4 is 0 Å². The minimum atomic E-state index is 0.813. The van der Waals surface area contributed by atoms with Crippen molar-refractivity contribution in [2.45, 2.75) is 58.2 Å². The Hall–Kier alpha value is -0.760. The highest BCUT2D eigenvalue weighted by Gasteiger charge is 2.47. The summed E-state index contributed by atoms with van der Waals surface area (Å²) in [7, 11) is 0. The van der Waals surface area contributed by atoms with Crippen LogP contribution in [0.1, 0.15) is 44.7 Å². The lowest BCUT2D eigenvalue weighted by Crippen LogP contribution is -2.54. The van der Waals surface area contributed by atoms with E-state index in [1.54, 1.807) is 6.42 Å². The Morgan fingerprint density at radius 1 is 1.11 bits per heavy atom. The standard InChI is InChI=1S/C17H26N2/c1-2-19-5-3-4-16(19)11-18-17-14-7-12-6-13(9-14)10-15(17)8-12/h3-5,12-15,17-18H,2,6-11H2,1H3. The van der Waals surface area contributed by atoms with Crippen LogP contribution < -0.4 is 5.32 Å². The molecule has 2 heteroatoms. The maximum absolute atomic E-state index is 3.92. The first kappa shape index (κ1) is 12.0. The first-order chi connectivity index (χ1) is 9.33. The maximum atomic E-state index is 3.92. The van der Waals surface area contributed by atoms with Crippen LogP contribution in [-0.4, -0.2) is 10.6 Å².